The number of amides is 2. The minimum absolute atomic E-state index is 0.0154. The second-order valence-corrected chi connectivity index (χ2v) is 9.02. The van der Waals surface area contributed by atoms with Gasteiger partial charge in [-0.15, -0.1) is 0 Å². The number of primary amides is 1. The van der Waals surface area contributed by atoms with E-state index in [1.807, 2.05) is 4.90 Å². The highest BCUT2D eigenvalue weighted by Crippen LogP contribution is 2.26. The Morgan fingerprint density at radius 2 is 1.87 bits per heavy atom. The van der Waals surface area contributed by atoms with Crippen LogP contribution >= 0.6 is 0 Å². The molecule has 1 aromatic heterocycles. The first kappa shape index (κ1) is 21.5. The van der Waals surface area contributed by atoms with Crippen LogP contribution in [-0.4, -0.2) is 67.5 Å². The third-order valence-corrected chi connectivity index (χ3v) is 5.96. The molecule has 0 radical (unpaired) electrons. The van der Waals surface area contributed by atoms with E-state index in [1.54, 1.807) is 23.1 Å². The molecule has 0 spiro atoms. The van der Waals surface area contributed by atoms with E-state index < -0.39 is 15.7 Å². The van der Waals surface area contributed by atoms with Gasteiger partial charge in [0.05, 0.1) is 10.6 Å². The summed E-state index contributed by atoms with van der Waals surface area (Å²) in [6.45, 7) is 3.90. The number of carbonyl (C=O) groups excluding carboxylic acids is 2. The predicted molar refractivity (Wildman–Crippen MR) is 112 cm³/mol. The Morgan fingerprint density at radius 3 is 2.53 bits per heavy atom. The van der Waals surface area contributed by atoms with Crippen LogP contribution < -0.4 is 16.0 Å². The van der Waals surface area contributed by atoms with Crippen LogP contribution in [0.3, 0.4) is 0 Å². The molecule has 10 nitrogen and oxygen atoms in total. The number of carbonyl (C=O) groups is 2. The second kappa shape index (κ2) is 8.66. The minimum Gasteiger partial charge on any atom is -0.365 e. The van der Waals surface area contributed by atoms with Crippen molar-refractivity contribution in [2.24, 2.45) is 5.73 Å². The molecule has 2 aromatic rings. The number of sulfone groups is 1. The molecule has 0 saturated carbocycles. The topological polar surface area (TPSA) is 139 Å². The zero-order chi connectivity index (χ0) is 21.9. The number of rotatable bonds is 5. The summed E-state index contributed by atoms with van der Waals surface area (Å²) >= 11 is 0. The van der Waals surface area contributed by atoms with Gasteiger partial charge in [-0.25, -0.2) is 13.4 Å². The van der Waals surface area contributed by atoms with E-state index in [4.69, 9.17) is 5.73 Å². The molecule has 30 heavy (non-hydrogen) atoms. The molecule has 11 heteroatoms. The van der Waals surface area contributed by atoms with Crippen LogP contribution in [0.2, 0.25) is 0 Å². The molecule has 2 heterocycles. The fourth-order valence-electron chi connectivity index (χ4n) is 3.25. The molecule has 0 unspecified atom stereocenters. The molecule has 3 N–H and O–H groups in total. The van der Waals surface area contributed by atoms with Crippen molar-refractivity contribution in [3.8, 4) is 0 Å². The van der Waals surface area contributed by atoms with E-state index in [-0.39, 0.29) is 27.9 Å². The summed E-state index contributed by atoms with van der Waals surface area (Å²) in [5.74, 6) is -0.234. The molecule has 160 valence electrons. The third kappa shape index (κ3) is 4.85. The normalized spacial score (nSPS) is 14.9. The Labute approximate surface area is 175 Å². The number of anilines is 3. The first-order valence-corrected chi connectivity index (χ1v) is 11.3. The molecule has 1 aliphatic heterocycles. The SMILES string of the molecule is CC(=O)N1CCCN(c2ncc(C(N)=O)c(Nc3ccccc3S(C)(=O)=O)n2)CC1. The van der Waals surface area contributed by atoms with Crippen LogP contribution in [0.15, 0.2) is 35.4 Å². The van der Waals surface area contributed by atoms with Gasteiger partial charge in [0.15, 0.2) is 9.84 Å². The van der Waals surface area contributed by atoms with Crippen molar-refractivity contribution in [1.29, 1.82) is 0 Å². The van der Waals surface area contributed by atoms with E-state index >= 15 is 0 Å². The average Bonchev–Trinajstić information content (AvgIpc) is 2.94. The highest BCUT2D eigenvalue weighted by molar-refractivity contribution is 7.90. The van der Waals surface area contributed by atoms with Gasteiger partial charge in [-0.1, -0.05) is 12.1 Å². The highest BCUT2D eigenvalue weighted by Gasteiger charge is 2.21. The van der Waals surface area contributed by atoms with Crippen LogP contribution in [-0.2, 0) is 14.6 Å². The van der Waals surface area contributed by atoms with Crippen LogP contribution in [0.25, 0.3) is 0 Å². The molecule has 1 aliphatic rings. The Morgan fingerprint density at radius 1 is 1.13 bits per heavy atom. The van der Waals surface area contributed by atoms with E-state index in [2.05, 4.69) is 15.3 Å². The zero-order valence-corrected chi connectivity index (χ0v) is 17.6. The molecular weight excluding hydrogens is 408 g/mol. The Kier molecular flexibility index (Phi) is 6.20. The summed E-state index contributed by atoms with van der Waals surface area (Å²) < 4.78 is 24.2. The van der Waals surface area contributed by atoms with E-state index in [0.29, 0.717) is 32.1 Å². The number of nitrogens with two attached hydrogens (primary N) is 1. The lowest BCUT2D eigenvalue weighted by Crippen LogP contribution is -2.34. The number of nitrogens with one attached hydrogen (secondary N) is 1. The number of para-hydroxylation sites is 1. The van der Waals surface area contributed by atoms with Crippen molar-refractivity contribution in [2.75, 3.05) is 42.7 Å². The molecule has 0 atom stereocenters. The fourth-order valence-corrected chi connectivity index (χ4v) is 4.10. The molecule has 1 saturated heterocycles. The van der Waals surface area contributed by atoms with Crippen molar-refractivity contribution in [3.63, 3.8) is 0 Å². The lowest BCUT2D eigenvalue weighted by molar-refractivity contribution is -0.128. The summed E-state index contributed by atoms with van der Waals surface area (Å²) in [6, 6.07) is 6.34. The molecule has 1 aromatic carbocycles. The van der Waals surface area contributed by atoms with Gasteiger partial charge >= 0.3 is 0 Å². The van der Waals surface area contributed by atoms with Crippen LogP contribution in [0, 0.1) is 0 Å². The summed E-state index contributed by atoms with van der Waals surface area (Å²) in [5.41, 5.74) is 5.79. The number of aromatic nitrogens is 2. The van der Waals surface area contributed by atoms with Gasteiger partial charge < -0.3 is 20.9 Å². The van der Waals surface area contributed by atoms with Crippen LogP contribution in [0.1, 0.15) is 23.7 Å². The smallest absolute Gasteiger partial charge is 0.254 e. The quantitative estimate of drug-likeness (QED) is 0.707. The lowest BCUT2D eigenvalue weighted by Gasteiger charge is -2.22. The predicted octanol–water partition coefficient (Wildman–Crippen LogP) is 0.781. The molecular formula is C19H24N6O4S. The minimum atomic E-state index is -3.51. The van der Waals surface area contributed by atoms with Gasteiger partial charge in [0.25, 0.3) is 5.91 Å². The van der Waals surface area contributed by atoms with Crippen molar-refractivity contribution in [3.05, 3.63) is 36.0 Å². The van der Waals surface area contributed by atoms with Crippen molar-refractivity contribution in [1.82, 2.24) is 14.9 Å². The van der Waals surface area contributed by atoms with E-state index in [0.717, 1.165) is 12.7 Å². The van der Waals surface area contributed by atoms with Gasteiger partial charge in [-0.2, -0.15) is 4.98 Å². The largest absolute Gasteiger partial charge is 0.365 e. The number of benzene rings is 1. The Hall–Kier alpha value is -3.21. The third-order valence-electron chi connectivity index (χ3n) is 4.81. The molecule has 3 rings (SSSR count). The van der Waals surface area contributed by atoms with Gasteiger partial charge in [0.1, 0.15) is 11.4 Å². The highest BCUT2D eigenvalue weighted by atomic mass is 32.2. The maximum absolute atomic E-state index is 12.1. The Bertz CT molecular complexity index is 1070. The van der Waals surface area contributed by atoms with Crippen LogP contribution in [0.4, 0.5) is 17.5 Å². The lowest BCUT2D eigenvalue weighted by atomic mass is 10.2. The van der Waals surface area contributed by atoms with Gasteiger partial charge in [0, 0.05) is 45.6 Å². The van der Waals surface area contributed by atoms with Crippen molar-refractivity contribution in [2.45, 2.75) is 18.2 Å². The first-order valence-electron chi connectivity index (χ1n) is 9.40. The number of hydrogen-bond donors (Lipinski definition) is 2. The molecule has 0 bridgehead atoms. The molecule has 1 fully saturated rings. The second-order valence-electron chi connectivity index (χ2n) is 7.04. The summed E-state index contributed by atoms with van der Waals surface area (Å²) in [5, 5.41) is 2.93. The summed E-state index contributed by atoms with van der Waals surface area (Å²) in [7, 11) is -3.51. The standard InChI is InChI=1S/C19H24N6O4S/c1-13(26)24-8-5-9-25(11-10-24)19-21-12-14(17(20)27)18(23-19)22-15-6-3-4-7-16(15)30(2,28)29/h3-4,6-7,12H,5,8-11H2,1-2H3,(H2,20,27)(H,21,22,23). The number of hydrogen-bond acceptors (Lipinski definition) is 8. The monoisotopic (exact) mass is 432 g/mol. The maximum Gasteiger partial charge on any atom is 0.254 e. The van der Waals surface area contributed by atoms with E-state index in [9.17, 15) is 18.0 Å². The fraction of sp³-hybridized carbons (Fsp3) is 0.368. The van der Waals surface area contributed by atoms with Crippen molar-refractivity contribution >= 4 is 39.1 Å². The van der Waals surface area contributed by atoms with E-state index in [1.165, 1.54) is 19.2 Å². The molecule has 0 aliphatic carbocycles. The number of nitrogens with zero attached hydrogens (tertiary/aromatic N) is 4. The van der Waals surface area contributed by atoms with Gasteiger partial charge in [-0.3, -0.25) is 9.59 Å². The first-order chi connectivity index (χ1) is 14.2. The summed E-state index contributed by atoms with van der Waals surface area (Å²) in [6.07, 6.45) is 3.18. The maximum atomic E-state index is 12.1. The molecule has 2 amide bonds. The van der Waals surface area contributed by atoms with Crippen LogP contribution in [0.5, 0.6) is 0 Å². The van der Waals surface area contributed by atoms with Gasteiger partial charge in [0.2, 0.25) is 11.9 Å². The Balaban J connectivity index is 1.95. The zero-order valence-electron chi connectivity index (χ0n) is 16.8. The van der Waals surface area contributed by atoms with Gasteiger partial charge in [-0.05, 0) is 18.6 Å². The van der Waals surface area contributed by atoms with Crippen molar-refractivity contribution < 1.29 is 18.0 Å². The average molecular weight is 433 g/mol. The summed E-state index contributed by atoms with van der Waals surface area (Å²) in [4.78, 5) is 36.0.